The number of benzene rings is 1. The summed E-state index contributed by atoms with van der Waals surface area (Å²) in [7, 11) is 0. The lowest BCUT2D eigenvalue weighted by Crippen LogP contribution is -2.35. The van der Waals surface area contributed by atoms with Crippen LogP contribution < -0.4 is 10.6 Å². The third kappa shape index (κ3) is 3.80. The summed E-state index contributed by atoms with van der Waals surface area (Å²) in [5, 5.41) is 9.22. The standard InChI is InChI=1S/C13H16N4O2/c1-2-8-14-13(18)15-9-11-16-12(17-19-11)10-6-4-3-5-7-10/h3-7H,2,8-9H2,1H3,(H2,14,15,18). The van der Waals surface area contributed by atoms with Gasteiger partial charge in [-0.15, -0.1) is 0 Å². The van der Waals surface area contributed by atoms with Gasteiger partial charge in [0.05, 0.1) is 6.54 Å². The number of carbonyl (C=O) groups is 1. The summed E-state index contributed by atoms with van der Waals surface area (Å²) in [6, 6.07) is 9.29. The summed E-state index contributed by atoms with van der Waals surface area (Å²) >= 11 is 0. The van der Waals surface area contributed by atoms with Gasteiger partial charge in [-0.1, -0.05) is 42.4 Å². The van der Waals surface area contributed by atoms with Crippen LogP contribution in [0.3, 0.4) is 0 Å². The highest BCUT2D eigenvalue weighted by atomic mass is 16.5. The molecule has 0 bridgehead atoms. The molecule has 2 aromatic rings. The van der Waals surface area contributed by atoms with E-state index < -0.39 is 0 Å². The van der Waals surface area contributed by atoms with Crippen molar-refractivity contribution in [2.24, 2.45) is 0 Å². The number of hydrogen-bond donors (Lipinski definition) is 2. The monoisotopic (exact) mass is 260 g/mol. The molecule has 0 atom stereocenters. The number of hydrogen-bond acceptors (Lipinski definition) is 4. The van der Waals surface area contributed by atoms with E-state index in [1.165, 1.54) is 0 Å². The van der Waals surface area contributed by atoms with Gasteiger partial charge >= 0.3 is 6.03 Å². The lowest BCUT2D eigenvalue weighted by molar-refractivity contribution is 0.238. The summed E-state index contributed by atoms with van der Waals surface area (Å²) in [5.74, 6) is 0.900. The number of nitrogens with zero attached hydrogens (tertiary/aromatic N) is 2. The first-order valence-corrected chi connectivity index (χ1v) is 6.19. The molecule has 0 aliphatic rings. The van der Waals surface area contributed by atoms with E-state index in [4.69, 9.17) is 4.52 Å². The Morgan fingerprint density at radius 3 is 2.79 bits per heavy atom. The first kappa shape index (κ1) is 13.1. The van der Waals surface area contributed by atoms with Gasteiger partial charge in [0, 0.05) is 12.1 Å². The van der Waals surface area contributed by atoms with E-state index in [-0.39, 0.29) is 12.6 Å². The molecule has 6 heteroatoms. The van der Waals surface area contributed by atoms with Gasteiger partial charge in [-0.2, -0.15) is 4.98 Å². The Balaban J connectivity index is 1.90. The van der Waals surface area contributed by atoms with Crippen LogP contribution in [0.4, 0.5) is 4.79 Å². The van der Waals surface area contributed by atoms with Gasteiger partial charge in [0.2, 0.25) is 11.7 Å². The third-order valence-corrected chi connectivity index (χ3v) is 2.44. The second-order valence-corrected chi connectivity index (χ2v) is 3.99. The first-order valence-electron chi connectivity index (χ1n) is 6.19. The summed E-state index contributed by atoms with van der Waals surface area (Å²) in [4.78, 5) is 15.6. The Hall–Kier alpha value is -2.37. The van der Waals surface area contributed by atoms with Gasteiger partial charge < -0.3 is 15.2 Å². The summed E-state index contributed by atoms with van der Waals surface area (Å²) in [5.41, 5.74) is 0.882. The quantitative estimate of drug-likeness (QED) is 0.861. The molecule has 2 rings (SSSR count). The second-order valence-electron chi connectivity index (χ2n) is 3.99. The van der Waals surface area contributed by atoms with Crippen molar-refractivity contribution >= 4 is 6.03 Å². The van der Waals surface area contributed by atoms with E-state index in [1.54, 1.807) is 0 Å². The van der Waals surface area contributed by atoms with Gasteiger partial charge in [0.15, 0.2) is 0 Å². The highest BCUT2D eigenvalue weighted by Gasteiger charge is 2.08. The van der Waals surface area contributed by atoms with Gasteiger partial charge in [-0.05, 0) is 6.42 Å². The molecule has 6 nitrogen and oxygen atoms in total. The second kappa shape index (κ2) is 6.53. The van der Waals surface area contributed by atoms with Crippen molar-refractivity contribution in [2.75, 3.05) is 6.54 Å². The molecule has 1 aromatic carbocycles. The molecule has 0 saturated heterocycles. The third-order valence-electron chi connectivity index (χ3n) is 2.44. The minimum atomic E-state index is -0.235. The van der Waals surface area contributed by atoms with Crippen LogP contribution in [0.1, 0.15) is 19.2 Å². The number of nitrogens with one attached hydrogen (secondary N) is 2. The zero-order valence-corrected chi connectivity index (χ0v) is 10.7. The molecule has 19 heavy (non-hydrogen) atoms. The Labute approximate surface area is 111 Å². The molecule has 0 saturated carbocycles. The van der Waals surface area contributed by atoms with Crippen molar-refractivity contribution in [3.8, 4) is 11.4 Å². The summed E-state index contributed by atoms with van der Waals surface area (Å²) in [6.45, 7) is 2.85. The van der Waals surface area contributed by atoms with Gasteiger partial charge in [-0.25, -0.2) is 4.79 Å². The Morgan fingerprint density at radius 2 is 2.05 bits per heavy atom. The van der Waals surface area contributed by atoms with Crippen molar-refractivity contribution < 1.29 is 9.32 Å². The topological polar surface area (TPSA) is 80.0 Å². The van der Waals surface area contributed by atoms with E-state index >= 15 is 0 Å². The predicted octanol–water partition coefficient (Wildman–Crippen LogP) is 1.95. The van der Waals surface area contributed by atoms with E-state index in [0.717, 1.165) is 12.0 Å². The van der Waals surface area contributed by atoms with Crippen molar-refractivity contribution in [3.63, 3.8) is 0 Å². The van der Waals surface area contributed by atoms with E-state index in [1.807, 2.05) is 37.3 Å². The maximum Gasteiger partial charge on any atom is 0.315 e. The molecule has 2 N–H and O–H groups in total. The fraction of sp³-hybridized carbons (Fsp3) is 0.308. The van der Waals surface area contributed by atoms with Crippen LogP contribution in [0.15, 0.2) is 34.9 Å². The van der Waals surface area contributed by atoms with E-state index in [9.17, 15) is 4.79 Å². The average Bonchev–Trinajstić information content (AvgIpc) is 2.93. The maximum absolute atomic E-state index is 11.3. The van der Waals surface area contributed by atoms with E-state index in [2.05, 4.69) is 20.8 Å². The molecule has 0 radical (unpaired) electrons. The lowest BCUT2D eigenvalue weighted by atomic mass is 10.2. The molecule has 0 aliphatic heterocycles. The molecular formula is C13H16N4O2. The number of aromatic nitrogens is 2. The van der Waals surface area contributed by atoms with Gasteiger partial charge in [-0.3, -0.25) is 0 Å². The molecule has 0 unspecified atom stereocenters. The zero-order chi connectivity index (χ0) is 13.5. The minimum Gasteiger partial charge on any atom is -0.338 e. The van der Waals surface area contributed by atoms with Crippen LogP contribution >= 0.6 is 0 Å². The fourth-order valence-electron chi connectivity index (χ4n) is 1.49. The molecule has 100 valence electrons. The summed E-state index contributed by atoms with van der Waals surface area (Å²) < 4.78 is 5.07. The van der Waals surface area contributed by atoms with E-state index in [0.29, 0.717) is 18.3 Å². The zero-order valence-electron chi connectivity index (χ0n) is 10.7. The maximum atomic E-state index is 11.3. The molecule has 0 aliphatic carbocycles. The summed E-state index contributed by atoms with van der Waals surface area (Å²) in [6.07, 6.45) is 0.895. The van der Waals surface area contributed by atoms with Crippen LogP contribution in [-0.2, 0) is 6.54 Å². The first-order chi connectivity index (χ1) is 9.29. The number of carbonyl (C=O) groups excluding carboxylic acids is 1. The molecular weight excluding hydrogens is 244 g/mol. The minimum absolute atomic E-state index is 0.218. The van der Waals surface area contributed by atoms with Gasteiger partial charge in [0.1, 0.15) is 0 Å². The van der Waals surface area contributed by atoms with Crippen LogP contribution in [0.25, 0.3) is 11.4 Å². The number of urea groups is 1. The van der Waals surface area contributed by atoms with Crippen LogP contribution in [0.2, 0.25) is 0 Å². The Morgan fingerprint density at radius 1 is 1.26 bits per heavy atom. The van der Waals surface area contributed by atoms with Crippen molar-refractivity contribution in [3.05, 3.63) is 36.2 Å². The number of rotatable bonds is 5. The van der Waals surface area contributed by atoms with Crippen LogP contribution in [-0.4, -0.2) is 22.7 Å². The predicted molar refractivity (Wildman–Crippen MR) is 70.3 cm³/mol. The van der Waals surface area contributed by atoms with Crippen molar-refractivity contribution in [2.45, 2.75) is 19.9 Å². The van der Waals surface area contributed by atoms with Crippen LogP contribution in [0.5, 0.6) is 0 Å². The fourth-order valence-corrected chi connectivity index (χ4v) is 1.49. The van der Waals surface area contributed by atoms with Gasteiger partial charge in [0.25, 0.3) is 0 Å². The smallest absolute Gasteiger partial charge is 0.315 e. The van der Waals surface area contributed by atoms with Crippen molar-refractivity contribution in [1.29, 1.82) is 0 Å². The normalized spacial score (nSPS) is 10.2. The highest BCUT2D eigenvalue weighted by molar-refractivity contribution is 5.73. The largest absolute Gasteiger partial charge is 0.338 e. The molecule has 1 heterocycles. The molecule has 1 aromatic heterocycles. The lowest BCUT2D eigenvalue weighted by Gasteiger charge is -2.03. The van der Waals surface area contributed by atoms with Crippen molar-refractivity contribution in [1.82, 2.24) is 20.8 Å². The highest BCUT2D eigenvalue weighted by Crippen LogP contribution is 2.14. The molecule has 0 spiro atoms. The van der Waals surface area contributed by atoms with Crippen LogP contribution in [0, 0.1) is 0 Å². The Bertz CT molecular complexity index is 524. The number of amides is 2. The Kier molecular flexibility index (Phi) is 4.49. The average molecular weight is 260 g/mol. The molecule has 2 amide bonds. The SMILES string of the molecule is CCCNC(=O)NCc1nc(-c2ccccc2)no1. The molecule has 0 fully saturated rings.